The summed E-state index contributed by atoms with van der Waals surface area (Å²) in [6.45, 7) is 3.55. The van der Waals surface area contributed by atoms with E-state index in [1.54, 1.807) is 0 Å². The third kappa shape index (κ3) is 2.82. The van der Waals surface area contributed by atoms with E-state index < -0.39 is 0 Å². The number of nitrogens with zero attached hydrogens (tertiary/aromatic N) is 1. The average Bonchev–Trinajstić information content (AvgIpc) is 3.22. The molecule has 2 N–H and O–H groups in total. The number of rotatable bonds is 5. The van der Waals surface area contributed by atoms with Crippen molar-refractivity contribution in [3.63, 3.8) is 0 Å². The molecule has 2 heterocycles. The number of hydrogen-bond acceptors (Lipinski definition) is 3. The molecule has 3 nitrogen and oxygen atoms in total. The van der Waals surface area contributed by atoms with Crippen LogP contribution in [0, 0.1) is 5.41 Å². The summed E-state index contributed by atoms with van der Waals surface area (Å²) in [6.07, 6.45) is 7.33. The number of fused-ring (bicyclic) bond motifs is 1. The molecule has 3 unspecified atom stereocenters. The molecule has 1 aromatic carbocycles. The van der Waals surface area contributed by atoms with E-state index in [2.05, 4.69) is 22.3 Å². The van der Waals surface area contributed by atoms with Gasteiger partial charge in [0.2, 0.25) is 0 Å². The monoisotopic (exact) mass is 300 g/mol. The molecule has 1 aromatic rings. The summed E-state index contributed by atoms with van der Waals surface area (Å²) in [5.41, 5.74) is 1.17. The first-order chi connectivity index (χ1) is 10.8. The lowest BCUT2D eigenvalue weighted by Gasteiger charge is -2.36. The first kappa shape index (κ1) is 14.7. The maximum Gasteiger partial charge on any atom is 0.0858 e. The van der Waals surface area contributed by atoms with Crippen molar-refractivity contribution < 1.29 is 5.11 Å². The van der Waals surface area contributed by atoms with Gasteiger partial charge in [0.25, 0.3) is 0 Å². The molecule has 2 saturated heterocycles. The van der Waals surface area contributed by atoms with Crippen LogP contribution in [0.5, 0.6) is 0 Å². The Hall–Kier alpha value is -0.900. The van der Waals surface area contributed by atoms with E-state index in [9.17, 15) is 5.11 Å². The summed E-state index contributed by atoms with van der Waals surface area (Å²) in [6, 6.07) is 11.7. The van der Waals surface area contributed by atoms with Crippen LogP contribution in [0.25, 0.3) is 0 Å². The highest BCUT2D eigenvalue weighted by molar-refractivity contribution is 5.22. The Balaban J connectivity index is 1.33. The first-order valence-corrected chi connectivity index (χ1v) is 8.97. The third-order valence-corrected chi connectivity index (χ3v) is 6.15. The Morgan fingerprint density at radius 2 is 2.00 bits per heavy atom. The Labute approximate surface area is 133 Å². The molecule has 1 saturated carbocycles. The van der Waals surface area contributed by atoms with Crippen LogP contribution in [0.15, 0.2) is 30.3 Å². The van der Waals surface area contributed by atoms with Gasteiger partial charge in [0, 0.05) is 24.0 Å². The minimum absolute atomic E-state index is 0.0914. The zero-order valence-corrected chi connectivity index (χ0v) is 13.4. The van der Waals surface area contributed by atoms with Crippen molar-refractivity contribution in [1.82, 2.24) is 10.2 Å². The normalized spacial score (nSPS) is 31.7. The highest BCUT2D eigenvalue weighted by Gasteiger charge is 2.49. The van der Waals surface area contributed by atoms with Crippen LogP contribution in [0.2, 0.25) is 0 Å². The molecule has 1 aliphatic carbocycles. The standard InChI is InChI=1S/C19H28N2O/c22-18(15-5-2-1-3-6-15)19(9-10-19)14-20-16-8-12-21-11-4-7-17(21)13-16/h1-3,5-6,16-18,20,22H,4,7-14H2. The number of aliphatic hydroxyl groups is 1. The number of hydrogen-bond donors (Lipinski definition) is 2. The Morgan fingerprint density at radius 1 is 1.18 bits per heavy atom. The molecule has 120 valence electrons. The molecule has 3 aliphatic rings. The minimum Gasteiger partial charge on any atom is -0.388 e. The molecule has 4 rings (SSSR count). The van der Waals surface area contributed by atoms with E-state index >= 15 is 0 Å². The molecular formula is C19H28N2O. The van der Waals surface area contributed by atoms with Gasteiger partial charge in [-0.25, -0.2) is 0 Å². The summed E-state index contributed by atoms with van der Waals surface area (Å²) in [5, 5.41) is 14.5. The average molecular weight is 300 g/mol. The van der Waals surface area contributed by atoms with Crippen LogP contribution < -0.4 is 5.32 Å². The van der Waals surface area contributed by atoms with Gasteiger partial charge < -0.3 is 15.3 Å². The molecule has 0 bridgehead atoms. The van der Waals surface area contributed by atoms with Gasteiger partial charge in [-0.15, -0.1) is 0 Å². The van der Waals surface area contributed by atoms with Gasteiger partial charge in [0.1, 0.15) is 0 Å². The van der Waals surface area contributed by atoms with Crippen LogP contribution >= 0.6 is 0 Å². The van der Waals surface area contributed by atoms with Crippen molar-refractivity contribution in [2.24, 2.45) is 5.41 Å². The van der Waals surface area contributed by atoms with Crippen LogP contribution in [-0.2, 0) is 0 Å². The van der Waals surface area contributed by atoms with E-state index in [-0.39, 0.29) is 11.5 Å². The molecule has 22 heavy (non-hydrogen) atoms. The number of piperidine rings is 1. The van der Waals surface area contributed by atoms with Crippen molar-refractivity contribution in [1.29, 1.82) is 0 Å². The smallest absolute Gasteiger partial charge is 0.0858 e. The first-order valence-electron chi connectivity index (χ1n) is 8.97. The maximum atomic E-state index is 10.7. The molecule has 0 amide bonds. The molecule has 3 atom stereocenters. The van der Waals surface area contributed by atoms with E-state index in [0.29, 0.717) is 6.04 Å². The van der Waals surface area contributed by atoms with Crippen LogP contribution in [0.4, 0.5) is 0 Å². The second kappa shape index (κ2) is 5.95. The molecule has 0 aromatic heterocycles. The Bertz CT molecular complexity index is 499. The van der Waals surface area contributed by atoms with Gasteiger partial charge in [0.05, 0.1) is 6.10 Å². The highest BCUT2D eigenvalue weighted by atomic mass is 16.3. The van der Waals surface area contributed by atoms with Crippen molar-refractivity contribution >= 4 is 0 Å². The van der Waals surface area contributed by atoms with Gasteiger partial charge in [-0.3, -0.25) is 0 Å². The molecule has 0 radical (unpaired) electrons. The largest absolute Gasteiger partial charge is 0.388 e. The summed E-state index contributed by atoms with van der Waals surface area (Å²) in [7, 11) is 0. The fraction of sp³-hybridized carbons (Fsp3) is 0.684. The van der Waals surface area contributed by atoms with E-state index in [1.807, 2.05) is 18.2 Å². The summed E-state index contributed by atoms with van der Waals surface area (Å²) < 4.78 is 0. The number of nitrogens with one attached hydrogen (secondary N) is 1. The van der Waals surface area contributed by atoms with Crippen molar-refractivity contribution in [3.8, 4) is 0 Å². The van der Waals surface area contributed by atoms with Gasteiger partial charge in [-0.2, -0.15) is 0 Å². The van der Waals surface area contributed by atoms with Gasteiger partial charge in [0.15, 0.2) is 0 Å². The zero-order chi connectivity index (χ0) is 15.0. The van der Waals surface area contributed by atoms with E-state index in [0.717, 1.165) is 31.0 Å². The number of benzene rings is 1. The van der Waals surface area contributed by atoms with E-state index in [4.69, 9.17) is 0 Å². The highest BCUT2D eigenvalue weighted by Crippen LogP contribution is 2.54. The summed E-state index contributed by atoms with van der Waals surface area (Å²) in [4.78, 5) is 2.67. The van der Waals surface area contributed by atoms with Crippen LogP contribution in [0.1, 0.15) is 50.2 Å². The van der Waals surface area contributed by atoms with Crippen LogP contribution in [0.3, 0.4) is 0 Å². The quantitative estimate of drug-likeness (QED) is 0.877. The summed E-state index contributed by atoms with van der Waals surface area (Å²) in [5.74, 6) is 0. The third-order valence-electron chi connectivity index (χ3n) is 6.15. The molecule has 3 heteroatoms. The predicted octanol–water partition coefficient (Wildman–Crippen LogP) is 2.72. The topological polar surface area (TPSA) is 35.5 Å². The lowest BCUT2D eigenvalue weighted by atomic mass is 9.91. The molecule has 3 fully saturated rings. The predicted molar refractivity (Wildman–Crippen MR) is 88.7 cm³/mol. The zero-order valence-electron chi connectivity index (χ0n) is 13.4. The lowest BCUT2D eigenvalue weighted by molar-refractivity contribution is 0.0848. The summed E-state index contributed by atoms with van der Waals surface area (Å²) >= 11 is 0. The fourth-order valence-electron chi connectivity index (χ4n) is 4.45. The molecule has 0 spiro atoms. The Morgan fingerprint density at radius 3 is 2.77 bits per heavy atom. The molecular weight excluding hydrogens is 272 g/mol. The second-order valence-electron chi connectivity index (χ2n) is 7.61. The van der Waals surface area contributed by atoms with Gasteiger partial charge >= 0.3 is 0 Å². The van der Waals surface area contributed by atoms with E-state index in [1.165, 1.54) is 38.8 Å². The van der Waals surface area contributed by atoms with Gasteiger partial charge in [-0.05, 0) is 57.2 Å². The van der Waals surface area contributed by atoms with Crippen molar-refractivity contribution in [3.05, 3.63) is 35.9 Å². The SMILES string of the molecule is OC(c1ccccc1)C1(CNC2CCN3CCCC3C2)CC1. The Kier molecular flexibility index (Phi) is 3.97. The lowest BCUT2D eigenvalue weighted by Crippen LogP contribution is -2.47. The number of aliphatic hydroxyl groups excluding tert-OH is 1. The van der Waals surface area contributed by atoms with Gasteiger partial charge in [-0.1, -0.05) is 30.3 Å². The molecule has 2 aliphatic heterocycles. The maximum absolute atomic E-state index is 10.7. The van der Waals surface area contributed by atoms with Crippen LogP contribution in [-0.4, -0.2) is 41.7 Å². The van der Waals surface area contributed by atoms with Crippen molar-refractivity contribution in [2.45, 2.75) is 56.7 Å². The fourth-order valence-corrected chi connectivity index (χ4v) is 4.45. The minimum atomic E-state index is -0.312. The second-order valence-corrected chi connectivity index (χ2v) is 7.61. The van der Waals surface area contributed by atoms with Crippen molar-refractivity contribution in [2.75, 3.05) is 19.6 Å².